The molecule has 0 aromatic carbocycles. The van der Waals surface area contributed by atoms with Crippen molar-refractivity contribution in [1.29, 1.82) is 0 Å². The van der Waals surface area contributed by atoms with Gasteiger partial charge in [0.2, 0.25) is 0 Å². The van der Waals surface area contributed by atoms with Crippen LogP contribution in [-0.4, -0.2) is 31.9 Å². The van der Waals surface area contributed by atoms with E-state index >= 15 is 0 Å². The Bertz CT molecular complexity index is 228. The molecule has 15 heavy (non-hydrogen) atoms. The highest BCUT2D eigenvalue weighted by molar-refractivity contribution is 5.79. The molecule has 0 aliphatic carbocycles. The molecule has 0 aromatic heterocycles. The first-order chi connectivity index (χ1) is 6.99. The smallest absolute Gasteiger partial charge is 0.305 e. The Balaban J connectivity index is 4.23. The molecule has 0 atom stereocenters. The molecule has 0 aliphatic heterocycles. The molecule has 0 heterocycles. The monoisotopic (exact) mass is 216 g/mol. The maximum atomic E-state index is 11.0. The number of hydrogen-bond donors (Lipinski definition) is 0. The van der Waals surface area contributed by atoms with Gasteiger partial charge in [0, 0.05) is 19.3 Å². The van der Waals surface area contributed by atoms with Crippen LogP contribution in [0.4, 0.5) is 0 Å². The minimum absolute atomic E-state index is 0.0607. The first-order valence-electron chi connectivity index (χ1n) is 4.62. The summed E-state index contributed by atoms with van der Waals surface area (Å²) in [7, 11) is 2.54. The van der Waals surface area contributed by atoms with Crippen LogP contribution < -0.4 is 0 Å². The largest absolute Gasteiger partial charge is 0.469 e. The average molecular weight is 216 g/mol. The lowest BCUT2D eigenvalue weighted by Gasteiger charge is -2.12. The van der Waals surface area contributed by atoms with Crippen LogP contribution >= 0.6 is 0 Å². The van der Waals surface area contributed by atoms with Crippen molar-refractivity contribution in [2.24, 2.45) is 5.92 Å². The lowest BCUT2D eigenvalue weighted by atomic mass is 9.96. The van der Waals surface area contributed by atoms with Crippen LogP contribution in [0.2, 0.25) is 0 Å². The van der Waals surface area contributed by atoms with Gasteiger partial charge < -0.3 is 14.3 Å². The first kappa shape index (κ1) is 13.6. The van der Waals surface area contributed by atoms with Gasteiger partial charge in [-0.25, -0.2) is 0 Å². The molecule has 0 amide bonds. The Hall–Kier alpha value is -1.39. The predicted molar refractivity (Wildman–Crippen MR) is 52.1 cm³/mol. The number of esters is 2. The molecule has 86 valence electrons. The lowest BCUT2D eigenvalue weighted by Crippen LogP contribution is -2.17. The highest BCUT2D eigenvalue weighted by Gasteiger charge is 2.19. The van der Waals surface area contributed by atoms with Crippen molar-refractivity contribution in [3.05, 3.63) is 0 Å². The molecule has 0 saturated carbocycles. The van der Waals surface area contributed by atoms with Crippen LogP contribution in [0, 0.1) is 5.92 Å². The van der Waals surface area contributed by atoms with Gasteiger partial charge in [0.15, 0.2) is 0 Å². The summed E-state index contributed by atoms with van der Waals surface area (Å²) in [6, 6.07) is 0. The summed E-state index contributed by atoms with van der Waals surface area (Å²) in [6.45, 7) is 1.42. The Morgan fingerprint density at radius 1 is 0.933 bits per heavy atom. The highest BCUT2D eigenvalue weighted by atomic mass is 16.5. The number of ketones is 1. The Morgan fingerprint density at radius 2 is 1.33 bits per heavy atom. The van der Waals surface area contributed by atoms with Crippen LogP contribution in [0.15, 0.2) is 0 Å². The molecule has 0 bridgehead atoms. The van der Waals surface area contributed by atoms with E-state index in [1.807, 2.05) is 0 Å². The molecule has 0 rings (SSSR count). The van der Waals surface area contributed by atoms with Crippen molar-refractivity contribution in [1.82, 2.24) is 0 Å². The Morgan fingerprint density at radius 3 is 1.60 bits per heavy atom. The van der Waals surface area contributed by atoms with Gasteiger partial charge in [-0.05, 0) is 12.8 Å². The van der Waals surface area contributed by atoms with Gasteiger partial charge in [0.25, 0.3) is 0 Å². The number of carbonyl (C=O) groups is 3. The van der Waals surface area contributed by atoms with Gasteiger partial charge in [-0.2, -0.15) is 0 Å². The molecule has 0 radical (unpaired) electrons. The summed E-state index contributed by atoms with van der Waals surface area (Å²) in [5.74, 6) is -1.24. The Kier molecular flexibility index (Phi) is 6.33. The number of rotatable bonds is 6. The maximum absolute atomic E-state index is 11.0. The highest BCUT2D eigenvalue weighted by Crippen LogP contribution is 2.15. The van der Waals surface area contributed by atoms with E-state index in [1.165, 1.54) is 21.1 Å². The van der Waals surface area contributed by atoms with E-state index in [2.05, 4.69) is 9.47 Å². The summed E-state index contributed by atoms with van der Waals surface area (Å²) in [5.41, 5.74) is 0. The van der Waals surface area contributed by atoms with E-state index in [-0.39, 0.29) is 31.0 Å². The van der Waals surface area contributed by atoms with E-state index in [9.17, 15) is 14.4 Å². The second kappa shape index (κ2) is 6.98. The molecule has 0 saturated heterocycles. The number of hydrogen-bond acceptors (Lipinski definition) is 5. The van der Waals surface area contributed by atoms with Crippen LogP contribution in [0.1, 0.15) is 26.2 Å². The summed E-state index contributed by atoms with van der Waals surface area (Å²) in [4.78, 5) is 32.9. The molecule has 0 N–H and O–H groups in total. The number of Topliss-reactive ketones (excluding diaryl/α,β-unsaturated/α-hetero) is 1. The van der Waals surface area contributed by atoms with Crippen LogP contribution in [0.5, 0.6) is 0 Å². The van der Waals surface area contributed by atoms with E-state index < -0.39 is 11.9 Å². The van der Waals surface area contributed by atoms with Crippen LogP contribution in [-0.2, 0) is 23.9 Å². The molecule has 0 aromatic rings. The van der Waals surface area contributed by atoms with Crippen molar-refractivity contribution in [2.45, 2.75) is 26.2 Å². The molecule has 0 unspecified atom stereocenters. The van der Waals surface area contributed by atoms with Crippen molar-refractivity contribution < 1.29 is 23.9 Å². The fraction of sp³-hybridized carbons (Fsp3) is 0.700. The topological polar surface area (TPSA) is 69.7 Å². The lowest BCUT2D eigenvalue weighted by molar-refractivity contribution is -0.144. The third-order valence-electron chi connectivity index (χ3n) is 1.94. The summed E-state index contributed by atoms with van der Waals surface area (Å²) < 4.78 is 8.95. The molecular weight excluding hydrogens is 200 g/mol. The van der Waals surface area contributed by atoms with Gasteiger partial charge in [0.1, 0.15) is 5.78 Å². The predicted octanol–water partition coefficient (Wildman–Crippen LogP) is 0.708. The first-order valence-corrected chi connectivity index (χ1v) is 4.62. The molecule has 0 fully saturated rings. The van der Waals surface area contributed by atoms with Crippen LogP contribution in [0.3, 0.4) is 0 Å². The molecule has 5 nitrogen and oxygen atoms in total. The zero-order valence-corrected chi connectivity index (χ0v) is 9.24. The van der Waals surface area contributed by atoms with Gasteiger partial charge >= 0.3 is 11.9 Å². The number of methoxy groups -OCH3 is 2. The van der Waals surface area contributed by atoms with Crippen LogP contribution in [0.25, 0.3) is 0 Å². The molecule has 0 aliphatic rings. The molecule has 0 spiro atoms. The average Bonchev–Trinajstić information content (AvgIpc) is 2.16. The summed E-state index contributed by atoms with van der Waals surface area (Å²) in [6.07, 6.45) is 0.306. The SMILES string of the molecule is COC(=O)CC(CC(C)=O)CC(=O)OC. The van der Waals surface area contributed by atoms with Gasteiger partial charge in [-0.3, -0.25) is 9.59 Å². The van der Waals surface area contributed by atoms with Gasteiger partial charge in [-0.15, -0.1) is 0 Å². The van der Waals surface area contributed by atoms with E-state index in [0.29, 0.717) is 0 Å². The minimum Gasteiger partial charge on any atom is -0.469 e. The van der Waals surface area contributed by atoms with Crippen molar-refractivity contribution >= 4 is 17.7 Å². The van der Waals surface area contributed by atoms with E-state index in [4.69, 9.17) is 0 Å². The van der Waals surface area contributed by atoms with Gasteiger partial charge in [-0.1, -0.05) is 0 Å². The standard InChI is InChI=1S/C10H16O5/c1-7(11)4-8(5-9(12)14-2)6-10(13)15-3/h8H,4-6H2,1-3H3. The maximum Gasteiger partial charge on any atom is 0.305 e. The second-order valence-electron chi connectivity index (χ2n) is 3.33. The second-order valence-corrected chi connectivity index (χ2v) is 3.33. The number of carbonyl (C=O) groups excluding carboxylic acids is 3. The van der Waals surface area contributed by atoms with E-state index in [1.54, 1.807) is 0 Å². The van der Waals surface area contributed by atoms with Crippen molar-refractivity contribution in [2.75, 3.05) is 14.2 Å². The van der Waals surface area contributed by atoms with Crippen molar-refractivity contribution in [3.63, 3.8) is 0 Å². The Labute approximate surface area is 88.7 Å². The quantitative estimate of drug-likeness (QED) is 0.611. The molecule has 5 heteroatoms. The molecular formula is C10H16O5. The summed E-state index contributed by atoms with van der Waals surface area (Å²) >= 11 is 0. The summed E-state index contributed by atoms with van der Waals surface area (Å²) in [5, 5.41) is 0. The number of ether oxygens (including phenoxy) is 2. The zero-order valence-electron chi connectivity index (χ0n) is 9.24. The normalized spacial score (nSPS) is 9.87. The minimum atomic E-state index is -0.426. The fourth-order valence-corrected chi connectivity index (χ4v) is 1.26. The van der Waals surface area contributed by atoms with Crippen molar-refractivity contribution in [3.8, 4) is 0 Å². The van der Waals surface area contributed by atoms with Gasteiger partial charge in [0.05, 0.1) is 14.2 Å². The fourth-order valence-electron chi connectivity index (χ4n) is 1.26. The zero-order chi connectivity index (χ0) is 11.8. The van der Waals surface area contributed by atoms with E-state index in [0.717, 1.165) is 0 Å². The third kappa shape index (κ3) is 6.65. The third-order valence-corrected chi connectivity index (χ3v) is 1.94.